The predicted octanol–water partition coefficient (Wildman–Crippen LogP) is 3.06. The molecule has 24 heavy (non-hydrogen) atoms. The average Bonchev–Trinajstić information content (AvgIpc) is 2.60. The lowest BCUT2D eigenvalue weighted by Crippen LogP contribution is -2.41. The van der Waals surface area contributed by atoms with Crippen molar-refractivity contribution < 1.29 is 30.5 Å². The molecule has 0 fully saturated rings. The first-order valence-corrected chi connectivity index (χ1v) is 12.3. The van der Waals surface area contributed by atoms with E-state index < -0.39 is 30.3 Å². The summed E-state index contributed by atoms with van der Waals surface area (Å²) < 4.78 is 40.5. The van der Waals surface area contributed by atoms with E-state index in [4.69, 9.17) is 13.3 Å². The van der Waals surface area contributed by atoms with Crippen molar-refractivity contribution in [3.8, 4) is 0 Å². The van der Waals surface area contributed by atoms with Crippen LogP contribution in [0.5, 0.6) is 0 Å². The van der Waals surface area contributed by atoms with Gasteiger partial charge in [-0.25, -0.2) is 4.18 Å². The van der Waals surface area contributed by atoms with Crippen molar-refractivity contribution in [3.63, 3.8) is 0 Å². The van der Waals surface area contributed by atoms with Crippen LogP contribution in [0.25, 0.3) is 0 Å². The summed E-state index contributed by atoms with van der Waals surface area (Å²) in [6, 6.07) is 0. The van der Waals surface area contributed by atoms with Crippen LogP contribution in [0.3, 0.4) is 0 Å². The summed E-state index contributed by atoms with van der Waals surface area (Å²) in [6.45, 7) is 15.8. The number of hydrogen-bond acceptors (Lipinski definition) is 6. The van der Waals surface area contributed by atoms with Crippen molar-refractivity contribution in [2.75, 3.05) is 13.2 Å². The first-order valence-electron chi connectivity index (χ1n) is 7.98. The van der Waals surface area contributed by atoms with Crippen LogP contribution in [-0.4, -0.2) is 51.3 Å². The van der Waals surface area contributed by atoms with E-state index in [0.717, 1.165) is 0 Å². The molecule has 0 spiro atoms. The van der Waals surface area contributed by atoms with E-state index >= 15 is 0 Å². The number of carbonyl (C=O) groups is 1. The van der Waals surface area contributed by atoms with Gasteiger partial charge in [-0.3, -0.25) is 0 Å². The summed E-state index contributed by atoms with van der Waals surface area (Å²) in [7, 11) is -6.06. The zero-order valence-electron chi connectivity index (χ0n) is 15.9. The molecule has 1 amide bonds. The topological polar surface area (TPSA) is 81.9 Å². The van der Waals surface area contributed by atoms with Crippen LogP contribution < -0.4 is 0 Å². The van der Waals surface area contributed by atoms with Gasteiger partial charge in [0, 0.05) is 10.6 Å². The highest BCUT2D eigenvalue weighted by Gasteiger charge is 2.47. The highest BCUT2D eigenvalue weighted by atomic mass is 32.2. The van der Waals surface area contributed by atoms with E-state index in [-0.39, 0.29) is 11.6 Å². The number of nitrogens with zero attached hydrogens (tertiary/aromatic N) is 1. The molecule has 0 atom stereocenters. The van der Waals surface area contributed by atoms with E-state index in [9.17, 15) is 13.2 Å². The van der Waals surface area contributed by atoms with Gasteiger partial charge in [0.05, 0.1) is 6.42 Å². The fourth-order valence-electron chi connectivity index (χ4n) is 1.75. The molecular formula is C15H30NO6SSi+. The van der Waals surface area contributed by atoms with Crippen LogP contribution in [0.2, 0.25) is 18.1 Å². The van der Waals surface area contributed by atoms with Crippen molar-refractivity contribution >= 4 is 30.4 Å². The fourth-order valence-corrected chi connectivity index (χ4v) is 3.87. The molecule has 140 valence electrons. The molecule has 1 rings (SSSR count). The van der Waals surface area contributed by atoms with Crippen LogP contribution >= 0.6 is 0 Å². The molecule has 1 aliphatic rings. The molecular weight excluding hydrogens is 350 g/mol. The maximum Gasteiger partial charge on any atom is 0.616 e. The summed E-state index contributed by atoms with van der Waals surface area (Å²) in [4.78, 5) is 12.2. The van der Waals surface area contributed by atoms with Gasteiger partial charge in [0.15, 0.2) is 14.9 Å². The van der Waals surface area contributed by atoms with Crippen LogP contribution in [0, 0.1) is 0 Å². The summed E-state index contributed by atoms with van der Waals surface area (Å²) in [5.74, 6) is 0. The molecule has 0 bridgehead atoms. The Morgan fingerprint density at radius 3 is 2.21 bits per heavy atom. The van der Waals surface area contributed by atoms with Gasteiger partial charge >= 0.3 is 16.4 Å². The SMILES string of the molecule is CC(C)(C)OC(=O)[N+]1=C(CCO[Si](C)(C)C(C)(C)C)COS1(=O)=O. The summed E-state index contributed by atoms with van der Waals surface area (Å²) in [5.41, 5.74) is -0.458. The van der Waals surface area contributed by atoms with E-state index in [2.05, 4.69) is 33.9 Å². The van der Waals surface area contributed by atoms with Crippen LogP contribution in [0.1, 0.15) is 48.0 Å². The van der Waals surface area contributed by atoms with Gasteiger partial charge in [-0.2, -0.15) is 4.79 Å². The van der Waals surface area contributed by atoms with Gasteiger partial charge < -0.3 is 9.16 Å². The molecule has 1 heterocycles. The Balaban J connectivity index is 2.91. The Hall–Kier alpha value is -0.773. The molecule has 0 unspecified atom stereocenters. The fraction of sp³-hybridized carbons (Fsp3) is 0.867. The van der Waals surface area contributed by atoms with Gasteiger partial charge in [0.2, 0.25) is 5.71 Å². The number of ether oxygens (including phenoxy) is 1. The quantitative estimate of drug-likeness (QED) is 0.551. The van der Waals surface area contributed by atoms with Crippen LogP contribution in [0.15, 0.2) is 0 Å². The third-order valence-corrected chi connectivity index (χ3v) is 9.91. The lowest BCUT2D eigenvalue weighted by atomic mass is 10.2. The Labute approximate surface area is 146 Å². The molecule has 0 radical (unpaired) electrons. The first kappa shape index (κ1) is 21.3. The lowest BCUT2D eigenvalue weighted by Gasteiger charge is -2.36. The van der Waals surface area contributed by atoms with E-state index in [1.807, 2.05) is 0 Å². The second kappa shape index (κ2) is 6.85. The molecule has 0 aromatic rings. The molecule has 0 aliphatic carbocycles. The molecule has 0 aromatic heterocycles. The summed E-state index contributed by atoms with van der Waals surface area (Å²) >= 11 is 0. The monoisotopic (exact) mass is 380 g/mol. The van der Waals surface area contributed by atoms with Gasteiger partial charge in [-0.1, -0.05) is 20.8 Å². The molecule has 0 N–H and O–H groups in total. The summed E-state index contributed by atoms with van der Waals surface area (Å²) in [5, 5.41) is 0.0563. The second-order valence-electron chi connectivity index (χ2n) is 8.39. The van der Waals surface area contributed by atoms with Crippen molar-refractivity contribution in [1.29, 1.82) is 0 Å². The minimum absolute atomic E-state index is 0.0563. The smallest absolute Gasteiger partial charge is 0.416 e. The zero-order valence-corrected chi connectivity index (χ0v) is 17.7. The minimum atomic E-state index is -4.12. The highest BCUT2D eigenvalue weighted by molar-refractivity contribution is 7.81. The van der Waals surface area contributed by atoms with Crippen LogP contribution in [0.4, 0.5) is 4.79 Å². The maximum absolute atomic E-state index is 12.2. The number of carbonyl (C=O) groups excluding carboxylic acids is 1. The van der Waals surface area contributed by atoms with Crippen molar-refractivity contribution in [1.82, 2.24) is 0 Å². The molecule has 1 aliphatic heterocycles. The Kier molecular flexibility index (Phi) is 6.07. The van der Waals surface area contributed by atoms with Crippen molar-refractivity contribution in [3.05, 3.63) is 0 Å². The van der Waals surface area contributed by atoms with E-state index in [0.29, 0.717) is 22.7 Å². The minimum Gasteiger partial charge on any atom is -0.416 e. The third-order valence-electron chi connectivity index (χ3n) is 4.10. The van der Waals surface area contributed by atoms with Gasteiger partial charge in [0.25, 0.3) is 0 Å². The van der Waals surface area contributed by atoms with E-state index in [1.54, 1.807) is 20.8 Å². The second-order valence-corrected chi connectivity index (χ2v) is 14.7. The number of amides is 1. The van der Waals surface area contributed by atoms with Gasteiger partial charge in [-0.15, -0.1) is 8.42 Å². The predicted molar refractivity (Wildman–Crippen MR) is 94.1 cm³/mol. The van der Waals surface area contributed by atoms with E-state index in [1.165, 1.54) is 0 Å². The zero-order chi connectivity index (χ0) is 19.0. The standard InChI is InChI=1S/C15H30NO6SSi/c1-14(2,3)22-13(17)16-12(11-20-23(16,18)19)9-10-21-24(7,8)15(4,5)6/h9-11H2,1-8H3/q+1. The molecule has 0 aromatic carbocycles. The number of hydrogen-bond donors (Lipinski definition) is 0. The Morgan fingerprint density at radius 2 is 1.75 bits per heavy atom. The Bertz CT molecular complexity index is 625. The largest absolute Gasteiger partial charge is 0.616 e. The van der Waals surface area contributed by atoms with Gasteiger partial charge in [0.1, 0.15) is 5.60 Å². The number of rotatable bonds is 4. The van der Waals surface area contributed by atoms with Crippen LogP contribution in [-0.2, 0) is 23.7 Å². The maximum atomic E-state index is 12.2. The van der Waals surface area contributed by atoms with Gasteiger partial charge in [-0.05, 0) is 38.9 Å². The Morgan fingerprint density at radius 1 is 1.21 bits per heavy atom. The van der Waals surface area contributed by atoms with Crippen molar-refractivity contribution in [2.24, 2.45) is 0 Å². The average molecular weight is 381 g/mol. The summed E-state index contributed by atoms with van der Waals surface area (Å²) in [6.07, 6.45) is -0.646. The molecule has 9 heteroatoms. The molecule has 0 saturated carbocycles. The van der Waals surface area contributed by atoms with Crippen molar-refractivity contribution in [2.45, 2.75) is 71.7 Å². The highest BCUT2D eigenvalue weighted by Crippen LogP contribution is 2.36. The third kappa shape index (κ3) is 5.37. The molecule has 0 saturated heterocycles. The molecule has 7 nitrogen and oxygen atoms in total. The normalized spacial score (nSPS) is 18.8. The first-order chi connectivity index (χ1) is 10.6. The lowest BCUT2D eigenvalue weighted by molar-refractivity contribution is -0.298.